The number of carbonyl (C=O) groups excluding carboxylic acids is 1. The third-order valence-electron chi connectivity index (χ3n) is 4.06. The second-order valence-corrected chi connectivity index (χ2v) is 6.40. The van der Waals surface area contributed by atoms with E-state index < -0.39 is 15.8 Å². The highest BCUT2D eigenvalue weighted by Crippen LogP contribution is 2.31. The Hall–Kier alpha value is -4.32. The van der Waals surface area contributed by atoms with Crippen molar-refractivity contribution < 1.29 is 23.8 Å². The molecule has 2 N–H and O–H groups in total. The SMILES string of the molecule is COc1ccc(NC(=S)NC(=O)c2ccc(-c3ccccc3[N+](=O)[O-])o2)cc1[N+](=O)[O-]. The number of carbonyl (C=O) groups is 1. The van der Waals surface area contributed by atoms with Crippen molar-refractivity contribution in [3.05, 3.63) is 80.6 Å². The summed E-state index contributed by atoms with van der Waals surface area (Å²) in [5.41, 5.74) is 0.0412. The van der Waals surface area contributed by atoms with Crippen LogP contribution >= 0.6 is 12.2 Å². The molecule has 1 heterocycles. The summed E-state index contributed by atoms with van der Waals surface area (Å²) in [5, 5.41) is 27.2. The van der Waals surface area contributed by atoms with E-state index in [-0.39, 0.29) is 45.0 Å². The lowest BCUT2D eigenvalue weighted by Crippen LogP contribution is -2.33. The molecule has 0 spiro atoms. The highest BCUT2D eigenvalue weighted by molar-refractivity contribution is 7.80. The molecule has 0 fully saturated rings. The fourth-order valence-corrected chi connectivity index (χ4v) is 2.89. The van der Waals surface area contributed by atoms with Gasteiger partial charge in [0.25, 0.3) is 11.6 Å². The van der Waals surface area contributed by atoms with Gasteiger partial charge in [0.05, 0.1) is 22.5 Å². The topological polar surface area (TPSA) is 150 Å². The largest absolute Gasteiger partial charge is 0.490 e. The lowest BCUT2D eigenvalue weighted by molar-refractivity contribution is -0.385. The first-order valence-corrected chi connectivity index (χ1v) is 8.99. The minimum atomic E-state index is -0.703. The Balaban J connectivity index is 1.72. The molecule has 0 unspecified atom stereocenters. The van der Waals surface area contributed by atoms with Crippen molar-refractivity contribution >= 4 is 40.3 Å². The molecule has 0 aliphatic rings. The maximum absolute atomic E-state index is 12.4. The number of nitrogens with one attached hydrogen (secondary N) is 2. The van der Waals surface area contributed by atoms with Gasteiger partial charge in [0, 0.05) is 17.8 Å². The van der Waals surface area contributed by atoms with Crippen LogP contribution in [0.1, 0.15) is 10.6 Å². The maximum atomic E-state index is 12.4. The summed E-state index contributed by atoms with van der Waals surface area (Å²) >= 11 is 5.06. The van der Waals surface area contributed by atoms with Gasteiger partial charge in [0.15, 0.2) is 16.6 Å². The van der Waals surface area contributed by atoms with E-state index in [0.29, 0.717) is 0 Å². The Kier molecular flexibility index (Phi) is 6.21. The lowest BCUT2D eigenvalue weighted by atomic mass is 10.1. The van der Waals surface area contributed by atoms with Gasteiger partial charge in [-0.3, -0.25) is 30.3 Å². The first-order valence-electron chi connectivity index (χ1n) is 8.58. The van der Waals surface area contributed by atoms with Gasteiger partial charge in [-0.25, -0.2) is 0 Å². The van der Waals surface area contributed by atoms with E-state index in [1.807, 2.05) is 0 Å². The van der Waals surface area contributed by atoms with Crippen molar-refractivity contribution in [2.24, 2.45) is 0 Å². The maximum Gasteiger partial charge on any atom is 0.312 e. The second kappa shape index (κ2) is 9.00. The van der Waals surface area contributed by atoms with Crippen molar-refractivity contribution in [1.82, 2.24) is 5.32 Å². The molecular formula is C19H14N4O7S. The zero-order valence-electron chi connectivity index (χ0n) is 15.9. The molecule has 1 aromatic heterocycles. The van der Waals surface area contributed by atoms with Gasteiger partial charge in [-0.2, -0.15) is 0 Å². The quantitative estimate of drug-likeness (QED) is 0.329. The first kappa shape index (κ1) is 21.4. The third kappa shape index (κ3) is 4.82. The monoisotopic (exact) mass is 442 g/mol. The van der Waals surface area contributed by atoms with Crippen molar-refractivity contribution in [1.29, 1.82) is 0 Å². The summed E-state index contributed by atoms with van der Waals surface area (Å²) in [6.45, 7) is 0. The van der Waals surface area contributed by atoms with Crippen LogP contribution in [0.2, 0.25) is 0 Å². The van der Waals surface area contributed by atoms with E-state index >= 15 is 0 Å². The number of hydrogen-bond acceptors (Lipinski definition) is 8. The van der Waals surface area contributed by atoms with Crippen molar-refractivity contribution in [2.75, 3.05) is 12.4 Å². The van der Waals surface area contributed by atoms with Crippen molar-refractivity contribution in [2.45, 2.75) is 0 Å². The molecule has 3 aromatic rings. The summed E-state index contributed by atoms with van der Waals surface area (Å²) in [7, 11) is 1.31. The number of nitro benzene ring substituents is 2. The zero-order chi connectivity index (χ0) is 22.5. The number of nitro groups is 2. The Labute approximate surface area is 179 Å². The molecule has 0 radical (unpaired) electrons. The Morgan fingerprint density at radius 1 is 1.03 bits per heavy atom. The van der Waals surface area contributed by atoms with Gasteiger partial charge >= 0.3 is 5.69 Å². The van der Waals surface area contributed by atoms with E-state index in [9.17, 15) is 25.0 Å². The van der Waals surface area contributed by atoms with Gasteiger partial charge in [-0.1, -0.05) is 12.1 Å². The minimum Gasteiger partial charge on any atom is -0.490 e. The molecule has 12 heteroatoms. The highest BCUT2D eigenvalue weighted by atomic mass is 32.1. The van der Waals surface area contributed by atoms with Crippen LogP contribution in [0.4, 0.5) is 17.1 Å². The van der Waals surface area contributed by atoms with Crippen LogP contribution in [0.5, 0.6) is 5.75 Å². The average molecular weight is 442 g/mol. The molecule has 0 aliphatic carbocycles. The van der Waals surface area contributed by atoms with Crippen LogP contribution in [0.25, 0.3) is 11.3 Å². The number of anilines is 1. The zero-order valence-corrected chi connectivity index (χ0v) is 16.7. The lowest BCUT2D eigenvalue weighted by Gasteiger charge is -2.09. The smallest absolute Gasteiger partial charge is 0.312 e. The molecule has 3 rings (SSSR count). The van der Waals surface area contributed by atoms with Crippen LogP contribution in [0.3, 0.4) is 0 Å². The summed E-state index contributed by atoms with van der Waals surface area (Å²) in [6, 6.07) is 12.8. The molecule has 0 atom stereocenters. The summed E-state index contributed by atoms with van der Waals surface area (Å²) in [5.74, 6) is -0.617. The molecule has 2 aromatic carbocycles. The molecular weight excluding hydrogens is 428 g/mol. The van der Waals surface area contributed by atoms with Crippen molar-refractivity contribution in [3.63, 3.8) is 0 Å². The predicted molar refractivity (Wildman–Crippen MR) is 114 cm³/mol. The average Bonchev–Trinajstić information content (AvgIpc) is 3.24. The molecule has 0 saturated carbocycles. The number of furan rings is 1. The summed E-state index contributed by atoms with van der Waals surface area (Å²) in [4.78, 5) is 33.5. The number of amides is 1. The van der Waals surface area contributed by atoms with Gasteiger partial charge in [0.1, 0.15) is 5.76 Å². The van der Waals surface area contributed by atoms with Gasteiger partial charge in [-0.05, 0) is 42.5 Å². The highest BCUT2D eigenvalue weighted by Gasteiger charge is 2.20. The van der Waals surface area contributed by atoms with E-state index in [2.05, 4.69) is 10.6 Å². The van der Waals surface area contributed by atoms with E-state index in [1.54, 1.807) is 6.07 Å². The summed E-state index contributed by atoms with van der Waals surface area (Å²) in [6.07, 6.45) is 0. The number of hydrogen-bond donors (Lipinski definition) is 2. The molecule has 1 amide bonds. The number of benzene rings is 2. The van der Waals surface area contributed by atoms with Crippen LogP contribution in [0, 0.1) is 20.2 Å². The van der Waals surface area contributed by atoms with Crippen LogP contribution in [-0.2, 0) is 0 Å². The van der Waals surface area contributed by atoms with Gasteiger partial charge < -0.3 is 14.5 Å². The predicted octanol–water partition coefficient (Wildman–Crippen LogP) is 3.90. The number of rotatable bonds is 6. The number of methoxy groups -OCH3 is 1. The van der Waals surface area contributed by atoms with E-state index in [4.69, 9.17) is 21.4 Å². The normalized spacial score (nSPS) is 10.2. The molecule has 0 aliphatic heterocycles. The number of thiocarbonyl (C=S) groups is 1. The van der Waals surface area contributed by atoms with E-state index in [0.717, 1.165) is 0 Å². The Morgan fingerprint density at radius 2 is 1.74 bits per heavy atom. The third-order valence-corrected chi connectivity index (χ3v) is 4.26. The minimum absolute atomic E-state index is 0.0728. The van der Waals surface area contributed by atoms with Gasteiger partial charge in [-0.15, -0.1) is 0 Å². The number of ether oxygens (including phenoxy) is 1. The second-order valence-electron chi connectivity index (χ2n) is 5.99. The molecule has 11 nitrogen and oxygen atoms in total. The molecule has 0 saturated heterocycles. The summed E-state index contributed by atoms with van der Waals surface area (Å²) < 4.78 is 10.4. The fourth-order valence-electron chi connectivity index (χ4n) is 2.68. The van der Waals surface area contributed by atoms with Crippen LogP contribution < -0.4 is 15.4 Å². The van der Waals surface area contributed by atoms with Gasteiger partial charge in [0.2, 0.25) is 0 Å². The first-order chi connectivity index (χ1) is 14.8. The fraction of sp³-hybridized carbons (Fsp3) is 0.0526. The van der Waals surface area contributed by atoms with Crippen molar-refractivity contribution in [3.8, 4) is 17.1 Å². The van der Waals surface area contributed by atoms with Crippen LogP contribution in [0.15, 0.2) is 59.0 Å². The van der Waals surface area contributed by atoms with E-state index in [1.165, 1.54) is 55.6 Å². The Bertz CT molecular complexity index is 1190. The molecule has 31 heavy (non-hydrogen) atoms. The molecule has 158 valence electrons. The Morgan fingerprint density at radius 3 is 2.42 bits per heavy atom. The standard InChI is InChI=1S/C19H14N4O7S/c1-29-16-7-6-11(10-14(16)23(27)28)20-19(31)21-18(24)17-9-8-15(30-17)12-4-2-3-5-13(12)22(25)26/h2-10H,1H3,(H2,20,21,24,31). The molecule has 0 bridgehead atoms. The van der Waals surface area contributed by atoms with Crippen LogP contribution in [-0.4, -0.2) is 28.0 Å². The number of para-hydroxylation sites is 1. The number of nitrogens with zero attached hydrogens (tertiary/aromatic N) is 2.